The third-order valence-corrected chi connectivity index (χ3v) is 4.50. The van der Waals surface area contributed by atoms with Crippen LogP contribution >= 0.6 is 0 Å². The molecule has 8 nitrogen and oxygen atoms in total. The average molecular weight is 379 g/mol. The first-order chi connectivity index (χ1) is 13.7. The van der Waals surface area contributed by atoms with Gasteiger partial charge >= 0.3 is 6.03 Å². The lowest BCUT2D eigenvalue weighted by Crippen LogP contribution is -2.50. The number of halogens is 1. The summed E-state index contributed by atoms with van der Waals surface area (Å²) in [4.78, 5) is 24.6. The number of carbonyl (C=O) groups is 1. The maximum atomic E-state index is 14.0. The number of urea groups is 1. The van der Waals surface area contributed by atoms with Crippen LogP contribution in [0.4, 0.5) is 20.8 Å². The van der Waals surface area contributed by atoms with Crippen molar-refractivity contribution in [3.8, 4) is 11.3 Å². The standard InChI is InChI=1S/C19H18FN7O/c20-15-5-2-1-4-14(15)16-12-18(22-13-21-16)26-8-10-27(11-9-26)19(28)24-17-6-3-7-23-25-17/h1-7,12-13H,8-11H2,(H,24,25,28). The van der Waals surface area contributed by atoms with E-state index in [1.54, 1.807) is 47.5 Å². The quantitative estimate of drug-likeness (QED) is 0.752. The van der Waals surface area contributed by atoms with Crippen molar-refractivity contribution < 1.29 is 9.18 Å². The normalized spacial score (nSPS) is 14.0. The Balaban J connectivity index is 1.41. The van der Waals surface area contributed by atoms with Gasteiger partial charge in [0, 0.05) is 44.0 Å². The molecule has 28 heavy (non-hydrogen) atoms. The third-order valence-electron chi connectivity index (χ3n) is 4.50. The smallest absolute Gasteiger partial charge is 0.323 e. The molecule has 142 valence electrons. The zero-order chi connectivity index (χ0) is 19.3. The zero-order valence-corrected chi connectivity index (χ0v) is 15.0. The van der Waals surface area contributed by atoms with Crippen LogP contribution in [0.25, 0.3) is 11.3 Å². The van der Waals surface area contributed by atoms with Crippen LogP contribution in [0.5, 0.6) is 0 Å². The Morgan fingerprint density at radius 3 is 2.61 bits per heavy atom. The van der Waals surface area contributed by atoms with E-state index in [4.69, 9.17) is 0 Å². The second kappa shape index (κ2) is 7.95. The molecule has 1 saturated heterocycles. The fraction of sp³-hybridized carbons (Fsp3) is 0.211. The largest absolute Gasteiger partial charge is 0.353 e. The maximum Gasteiger partial charge on any atom is 0.323 e. The number of amides is 2. The van der Waals surface area contributed by atoms with E-state index in [2.05, 4.69) is 30.4 Å². The van der Waals surface area contributed by atoms with E-state index < -0.39 is 0 Å². The summed E-state index contributed by atoms with van der Waals surface area (Å²) in [5.41, 5.74) is 0.971. The van der Waals surface area contributed by atoms with E-state index in [1.807, 2.05) is 0 Å². The highest BCUT2D eigenvalue weighted by atomic mass is 19.1. The fourth-order valence-corrected chi connectivity index (χ4v) is 3.03. The van der Waals surface area contributed by atoms with Gasteiger partial charge in [-0.15, -0.1) is 5.10 Å². The van der Waals surface area contributed by atoms with Crippen LogP contribution in [0.3, 0.4) is 0 Å². The highest BCUT2D eigenvalue weighted by Gasteiger charge is 2.22. The van der Waals surface area contributed by atoms with Gasteiger partial charge in [0.2, 0.25) is 0 Å². The number of nitrogens with zero attached hydrogens (tertiary/aromatic N) is 6. The van der Waals surface area contributed by atoms with Crippen LogP contribution in [0, 0.1) is 5.82 Å². The molecule has 9 heteroatoms. The first-order valence-electron chi connectivity index (χ1n) is 8.86. The van der Waals surface area contributed by atoms with Crippen molar-refractivity contribution in [2.75, 3.05) is 36.4 Å². The number of hydrogen-bond donors (Lipinski definition) is 1. The highest BCUT2D eigenvalue weighted by molar-refractivity contribution is 5.88. The van der Waals surface area contributed by atoms with Crippen LogP contribution in [-0.2, 0) is 0 Å². The minimum Gasteiger partial charge on any atom is -0.353 e. The molecule has 2 amide bonds. The third kappa shape index (κ3) is 3.88. The molecule has 0 radical (unpaired) electrons. The Hall–Kier alpha value is -3.62. The molecule has 1 aliphatic heterocycles. The van der Waals surface area contributed by atoms with Gasteiger partial charge in [0.25, 0.3) is 0 Å². The molecule has 0 spiro atoms. The van der Waals surface area contributed by atoms with Gasteiger partial charge in [0.1, 0.15) is 18.0 Å². The predicted molar refractivity (Wildman–Crippen MR) is 102 cm³/mol. The van der Waals surface area contributed by atoms with E-state index in [-0.39, 0.29) is 11.8 Å². The van der Waals surface area contributed by atoms with Gasteiger partial charge in [-0.25, -0.2) is 19.2 Å². The number of benzene rings is 1. The molecule has 1 aliphatic rings. The van der Waals surface area contributed by atoms with Crippen LogP contribution < -0.4 is 10.2 Å². The molecule has 3 heterocycles. The topological polar surface area (TPSA) is 87.1 Å². The van der Waals surface area contributed by atoms with Crippen molar-refractivity contribution in [1.29, 1.82) is 0 Å². The number of hydrogen-bond acceptors (Lipinski definition) is 6. The van der Waals surface area contributed by atoms with Crippen molar-refractivity contribution in [1.82, 2.24) is 25.1 Å². The molecule has 1 N–H and O–H groups in total. The minimum atomic E-state index is -0.322. The van der Waals surface area contributed by atoms with Crippen LogP contribution in [0.2, 0.25) is 0 Å². The second-order valence-electron chi connectivity index (χ2n) is 6.25. The van der Waals surface area contributed by atoms with Gasteiger partial charge in [0.15, 0.2) is 5.82 Å². The van der Waals surface area contributed by atoms with E-state index in [0.717, 1.165) is 0 Å². The summed E-state index contributed by atoms with van der Waals surface area (Å²) in [6.45, 7) is 2.29. The average Bonchev–Trinajstić information content (AvgIpc) is 2.75. The number of anilines is 2. The zero-order valence-electron chi connectivity index (χ0n) is 15.0. The lowest BCUT2D eigenvalue weighted by Gasteiger charge is -2.35. The summed E-state index contributed by atoms with van der Waals surface area (Å²) < 4.78 is 14.0. The summed E-state index contributed by atoms with van der Waals surface area (Å²) in [5, 5.41) is 10.3. The fourth-order valence-electron chi connectivity index (χ4n) is 3.03. The molecule has 0 unspecified atom stereocenters. The Bertz CT molecular complexity index is 961. The first-order valence-corrected chi connectivity index (χ1v) is 8.86. The molecule has 0 aliphatic carbocycles. The molecule has 4 rings (SSSR count). The van der Waals surface area contributed by atoms with Gasteiger partial charge in [-0.05, 0) is 24.3 Å². The van der Waals surface area contributed by atoms with Crippen molar-refractivity contribution >= 4 is 17.7 Å². The second-order valence-corrected chi connectivity index (χ2v) is 6.25. The molecule has 0 bridgehead atoms. The Labute approximate surface area is 161 Å². The van der Waals surface area contributed by atoms with E-state index in [0.29, 0.717) is 49.1 Å². The summed E-state index contributed by atoms with van der Waals surface area (Å²) in [6.07, 6.45) is 2.98. The number of nitrogens with one attached hydrogen (secondary N) is 1. The lowest BCUT2D eigenvalue weighted by molar-refractivity contribution is 0.208. The SMILES string of the molecule is O=C(Nc1cccnn1)N1CCN(c2cc(-c3ccccc3F)ncn2)CC1. The summed E-state index contributed by atoms with van der Waals surface area (Å²) >= 11 is 0. The maximum absolute atomic E-state index is 14.0. The highest BCUT2D eigenvalue weighted by Crippen LogP contribution is 2.23. The number of carbonyl (C=O) groups excluding carboxylic acids is 1. The van der Waals surface area contributed by atoms with Crippen molar-refractivity contribution in [3.05, 3.63) is 60.8 Å². The van der Waals surface area contributed by atoms with Gasteiger partial charge in [-0.2, -0.15) is 5.10 Å². The molecular formula is C19H18FN7O. The Morgan fingerprint density at radius 2 is 1.86 bits per heavy atom. The number of piperazine rings is 1. The lowest BCUT2D eigenvalue weighted by atomic mass is 10.1. The van der Waals surface area contributed by atoms with Crippen LogP contribution in [-0.4, -0.2) is 57.3 Å². The van der Waals surface area contributed by atoms with E-state index >= 15 is 0 Å². The molecule has 0 atom stereocenters. The monoisotopic (exact) mass is 379 g/mol. The molecule has 1 fully saturated rings. The first kappa shape index (κ1) is 17.8. The Kier molecular flexibility index (Phi) is 5.05. The van der Waals surface area contributed by atoms with Crippen LogP contribution in [0.15, 0.2) is 55.0 Å². The summed E-state index contributed by atoms with van der Waals surface area (Å²) in [6, 6.07) is 11.5. The minimum absolute atomic E-state index is 0.213. The molecule has 0 saturated carbocycles. The van der Waals surface area contributed by atoms with E-state index in [1.165, 1.54) is 12.4 Å². The van der Waals surface area contributed by atoms with Gasteiger partial charge in [-0.3, -0.25) is 5.32 Å². The summed E-state index contributed by atoms with van der Waals surface area (Å²) in [7, 11) is 0. The molecule has 2 aromatic heterocycles. The Morgan fingerprint density at radius 1 is 1.04 bits per heavy atom. The van der Waals surface area contributed by atoms with Gasteiger partial charge in [-0.1, -0.05) is 12.1 Å². The van der Waals surface area contributed by atoms with Gasteiger partial charge < -0.3 is 9.80 Å². The number of rotatable bonds is 3. The van der Waals surface area contributed by atoms with E-state index in [9.17, 15) is 9.18 Å². The molecule has 3 aromatic rings. The van der Waals surface area contributed by atoms with Crippen molar-refractivity contribution in [3.63, 3.8) is 0 Å². The predicted octanol–water partition coefficient (Wildman–Crippen LogP) is 2.43. The molecule has 1 aromatic carbocycles. The molecular weight excluding hydrogens is 361 g/mol. The van der Waals surface area contributed by atoms with Crippen molar-refractivity contribution in [2.24, 2.45) is 0 Å². The van der Waals surface area contributed by atoms with Crippen molar-refractivity contribution in [2.45, 2.75) is 0 Å². The van der Waals surface area contributed by atoms with Crippen LogP contribution in [0.1, 0.15) is 0 Å². The number of aromatic nitrogens is 4. The van der Waals surface area contributed by atoms with Gasteiger partial charge in [0.05, 0.1) is 5.69 Å². The summed E-state index contributed by atoms with van der Waals surface area (Å²) in [5.74, 6) is 0.806.